The van der Waals surface area contributed by atoms with Crippen LogP contribution in [0.4, 0.5) is 4.39 Å². The lowest BCUT2D eigenvalue weighted by Gasteiger charge is -2.25. The summed E-state index contributed by atoms with van der Waals surface area (Å²) in [4.78, 5) is 0. The van der Waals surface area contributed by atoms with Crippen molar-refractivity contribution < 1.29 is 14.6 Å². The van der Waals surface area contributed by atoms with Gasteiger partial charge in [-0.3, -0.25) is 0 Å². The molecule has 1 atom stereocenters. The largest absolute Gasteiger partial charge is 0.508 e. The van der Waals surface area contributed by atoms with Crippen LogP contribution in [0.5, 0.6) is 5.75 Å². The topological polar surface area (TPSA) is 40.5 Å². The third kappa shape index (κ3) is 2.45. The normalized spacial score (nSPS) is 14.0. The molecule has 0 spiro atoms. The van der Waals surface area contributed by atoms with E-state index in [-0.39, 0.29) is 12.4 Å². The van der Waals surface area contributed by atoms with Crippen LogP contribution in [0.2, 0.25) is 0 Å². The fourth-order valence-corrected chi connectivity index (χ4v) is 1.43. The molecule has 0 aliphatic heterocycles. The van der Waals surface area contributed by atoms with E-state index in [1.165, 1.54) is 26.0 Å². The molecule has 2 N–H and O–H groups in total. The highest BCUT2D eigenvalue weighted by atomic mass is 19.1. The summed E-state index contributed by atoms with van der Waals surface area (Å²) in [5.41, 5.74) is -0.774. The summed E-state index contributed by atoms with van der Waals surface area (Å²) in [6, 6.07) is 6.22. The van der Waals surface area contributed by atoms with Gasteiger partial charge in [0.25, 0.3) is 0 Å². The van der Waals surface area contributed by atoms with Crippen LogP contribution in [-0.4, -0.2) is 22.5 Å². The maximum atomic E-state index is 13.6. The number of rotatable bonds is 3. The van der Waals surface area contributed by atoms with Gasteiger partial charge in [0.05, 0.1) is 6.61 Å². The van der Waals surface area contributed by atoms with E-state index < -0.39 is 11.6 Å². The number of alkyl halides is 1. The number of phenolic OH excluding ortho intramolecular Hbond substituents is 1. The SMILES string of the molecule is CC(C)(F)C(CO)c1ccc(O)cc1. The zero-order valence-electron chi connectivity index (χ0n) is 8.37. The molecule has 1 unspecified atom stereocenters. The van der Waals surface area contributed by atoms with Gasteiger partial charge in [0.2, 0.25) is 0 Å². The molecule has 0 saturated heterocycles. The molecule has 0 fully saturated rings. The first-order valence-electron chi connectivity index (χ1n) is 4.54. The first kappa shape index (κ1) is 11.0. The van der Waals surface area contributed by atoms with Gasteiger partial charge in [-0.05, 0) is 31.5 Å². The van der Waals surface area contributed by atoms with E-state index in [0.29, 0.717) is 5.56 Å². The first-order valence-corrected chi connectivity index (χ1v) is 4.54. The van der Waals surface area contributed by atoms with Crippen molar-refractivity contribution in [3.8, 4) is 5.75 Å². The number of benzene rings is 1. The van der Waals surface area contributed by atoms with Gasteiger partial charge < -0.3 is 10.2 Å². The van der Waals surface area contributed by atoms with Crippen LogP contribution >= 0.6 is 0 Å². The van der Waals surface area contributed by atoms with Crippen LogP contribution < -0.4 is 0 Å². The molecular weight excluding hydrogens is 183 g/mol. The molecule has 0 bridgehead atoms. The minimum absolute atomic E-state index is 0.141. The molecule has 1 aromatic carbocycles. The summed E-state index contributed by atoms with van der Waals surface area (Å²) < 4.78 is 13.6. The molecular formula is C11H15FO2. The van der Waals surface area contributed by atoms with Gasteiger partial charge in [0.15, 0.2) is 0 Å². The third-order valence-electron chi connectivity index (χ3n) is 2.31. The number of hydrogen-bond acceptors (Lipinski definition) is 2. The Hall–Kier alpha value is -1.09. The van der Waals surface area contributed by atoms with Gasteiger partial charge in [-0.1, -0.05) is 12.1 Å². The summed E-state index contributed by atoms with van der Waals surface area (Å²) in [6.07, 6.45) is 0. The van der Waals surface area contributed by atoms with E-state index >= 15 is 0 Å². The van der Waals surface area contributed by atoms with Crippen molar-refractivity contribution in [1.82, 2.24) is 0 Å². The molecule has 3 heteroatoms. The lowest BCUT2D eigenvalue weighted by Crippen LogP contribution is -2.26. The van der Waals surface area contributed by atoms with Crippen molar-refractivity contribution in [1.29, 1.82) is 0 Å². The highest BCUT2D eigenvalue weighted by molar-refractivity contribution is 5.29. The average Bonchev–Trinajstić information content (AvgIpc) is 2.07. The fraction of sp³-hybridized carbons (Fsp3) is 0.455. The standard InChI is InChI=1S/C11H15FO2/c1-11(2,12)10(7-13)8-3-5-9(14)6-4-8/h3-6,10,13-14H,7H2,1-2H3. The van der Waals surface area contributed by atoms with E-state index in [9.17, 15) is 4.39 Å². The molecule has 0 heterocycles. The molecule has 0 saturated carbocycles. The second-order valence-electron chi connectivity index (χ2n) is 3.89. The van der Waals surface area contributed by atoms with E-state index in [1.54, 1.807) is 12.1 Å². The zero-order valence-corrected chi connectivity index (χ0v) is 8.37. The van der Waals surface area contributed by atoms with Crippen molar-refractivity contribution in [2.75, 3.05) is 6.61 Å². The minimum atomic E-state index is -1.47. The van der Waals surface area contributed by atoms with E-state index in [0.717, 1.165) is 0 Å². The Balaban J connectivity index is 2.96. The van der Waals surface area contributed by atoms with Crippen molar-refractivity contribution in [3.05, 3.63) is 29.8 Å². The lowest BCUT2D eigenvalue weighted by molar-refractivity contribution is 0.119. The number of hydrogen-bond donors (Lipinski definition) is 2. The van der Waals surface area contributed by atoms with Gasteiger partial charge >= 0.3 is 0 Å². The van der Waals surface area contributed by atoms with Gasteiger partial charge in [-0.15, -0.1) is 0 Å². The molecule has 14 heavy (non-hydrogen) atoms. The van der Waals surface area contributed by atoms with Gasteiger partial charge in [-0.25, -0.2) is 4.39 Å². The van der Waals surface area contributed by atoms with E-state index in [4.69, 9.17) is 10.2 Å². The molecule has 0 aliphatic rings. The van der Waals surface area contributed by atoms with Crippen LogP contribution in [-0.2, 0) is 0 Å². The Kier molecular flexibility index (Phi) is 3.11. The molecule has 1 rings (SSSR count). The highest BCUT2D eigenvalue weighted by Gasteiger charge is 2.29. The number of phenols is 1. The Morgan fingerprint density at radius 1 is 1.29 bits per heavy atom. The summed E-state index contributed by atoms with van der Waals surface area (Å²) in [6.45, 7) is 2.62. The molecule has 0 amide bonds. The van der Waals surface area contributed by atoms with Crippen LogP contribution in [0.25, 0.3) is 0 Å². The Morgan fingerprint density at radius 3 is 2.14 bits per heavy atom. The minimum Gasteiger partial charge on any atom is -0.508 e. The number of aromatic hydroxyl groups is 1. The summed E-state index contributed by atoms with van der Waals surface area (Å²) in [5.74, 6) is -0.412. The predicted molar refractivity (Wildman–Crippen MR) is 53.1 cm³/mol. The van der Waals surface area contributed by atoms with Crippen LogP contribution in [0, 0.1) is 0 Å². The second kappa shape index (κ2) is 3.96. The lowest BCUT2D eigenvalue weighted by atomic mass is 9.87. The molecule has 2 nitrogen and oxygen atoms in total. The smallest absolute Gasteiger partial charge is 0.115 e. The van der Waals surface area contributed by atoms with Gasteiger partial charge in [0.1, 0.15) is 11.4 Å². The number of halogens is 1. The molecule has 0 radical (unpaired) electrons. The Labute approximate surface area is 83.0 Å². The summed E-state index contributed by atoms with van der Waals surface area (Å²) >= 11 is 0. The van der Waals surface area contributed by atoms with Gasteiger partial charge in [0, 0.05) is 5.92 Å². The summed E-state index contributed by atoms with van der Waals surface area (Å²) in [5, 5.41) is 18.1. The molecule has 0 aliphatic carbocycles. The fourth-order valence-electron chi connectivity index (χ4n) is 1.43. The van der Waals surface area contributed by atoms with Crippen LogP contribution in [0.15, 0.2) is 24.3 Å². The van der Waals surface area contributed by atoms with Crippen molar-refractivity contribution in [2.45, 2.75) is 25.4 Å². The molecule has 1 aromatic rings. The molecule has 0 aromatic heterocycles. The Bertz CT molecular complexity index is 287. The summed E-state index contributed by atoms with van der Waals surface area (Å²) in [7, 11) is 0. The van der Waals surface area contributed by atoms with Crippen molar-refractivity contribution in [2.24, 2.45) is 0 Å². The quantitative estimate of drug-likeness (QED) is 0.781. The van der Waals surface area contributed by atoms with E-state index in [1.807, 2.05) is 0 Å². The average molecular weight is 198 g/mol. The number of aliphatic hydroxyl groups excluding tert-OH is 1. The van der Waals surface area contributed by atoms with Crippen LogP contribution in [0.3, 0.4) is 0 Å². The van der Waals surface area contributed by atoms with Gasteiger partial charge in [-0.2, -0.15) is 0 Å². The second-order valence-corrected chi connectivity index (χ2v) is 3.89. The highest BCUT2D eigenvalue weighted by Crippen LogP contribution is 2.31. The van der Waals surface area contributed by atoms with E-state index in [2.05, 4.69) is 0 Å². The van der Waals surface area contributed by atoms with Crippen molar-refractivity contribution >= 4 is 0 Å². The molecule has 78 valence electrons. The third-order valence-corrected chi connectivity index (χ3v) is 2.31. The van der Waals surface area contributed by atoms with Crippen molar-refractivity contribution in [3.63, 3.8) is 0 Å². The first-order chi connectivity index (χ1) is 6.45. The van der Waals surface area contributed by atoms with Crippen LogP contribution in [0.1, 0.15) is 25.3 Å². The monoisotopic (exact) mass is 198 g/mol. The zero-order chi connectivity index (χ0) is 10.8. The Morgan fingerprint density at radius 2 is 1.79 bits per heavy atom. The maximum absolute atomic E-state index is 13.6. The maximum Gasteiger partial charge on any atom is 0.115 e. The predicted octanol–water partition coefficient (Wildman–Crippen LogP) is 2.22. The number of aliphatic hydroxyl groups is 1.